The highest BCUT2D eigenvalue weighted by Gasteiger charge is 2.20. The number of aromatic nitrogens is 2. The highest BCUT2D eigenvalue weighted by molar-refractivity contribution is 5.86. The lowest BCUT2D eigenvalue weighted by molar-refractivity contribution is 0.433. The van der Waals surface area contributed by atoms with E-state index in [9.17, 15) is 4.39 Å². The van der Waals surface area contributed by atoms with Gasteiger partial charge in [0, 0.05) is 12.4 Å². The zero-order chi connectivity index (χ0) is 14.1. The molecule has 0 aliphatic carbocycles. The monoisotopic (exact) mass is 269 g/mol. The van der Waals surface area contributed by atoms with Crippen LogP contribution >= 0.6 is 0 Å². The topological polar surface area (TPSA) is 64.9 Å². The molecule has 2 aromatic heterocycles. The van der Waals surface area contributed by atoms with Gasteiger partial charge in [0.05, 0.1) is 11.1 Å². The SMILES string of the molecule is Cc1ccc(F)c(-c2onc(N)c2-c2ccncc2)c1. The van der Waals surface area contributed by atoms with Gasteiger partial charge in [-0.25, -0.2) is 4.39 Å². The zero-order valence-electron chi connectivity index (χ0n) is 10.8. The molecule has 2 N–H and O–H groups in total. The summed E-state index contributed by atoms with van der Waals surface area (Å²) in [6.45, 7) is 1.88. The van der Waals surface area contributed by atoms with E-state index in [0.717, 1.165) is 11.1 Å². The summed E-state index contributed by atoms with van der Waals surface area (Å²) in [5, 5.41) is 3.76. The van der Waals surface area contributed by atoms with Crippen molar-refractivity contribution in [3.05, 3.63) is 54.1 Å². The maximum Gasteiger partial charge on any atom is 0.179 e. The number of benzene rings is 1. The third kappa shape index (κ3) is 2.03. The van der Waals surface area contributed by atoms with Gasteiger partial charge in [0.25, 0.3) is 0 Å². The van der Waals surface area contributed by atoms with E-state index in [1.54, 1.807) is 36.7 Å². The van der Waals surface area contributed by atoms with Gasteiger partial charge in [-0.2, -0.15) is 0 Å². The van der Waals surface area contributed by atoms with Crippen LogP contribution in [0.5, 0.6) is 0 Å². The first kappa shape index (κ1) is 12.3. The van der Waals surface area contributed by atoms with Crippen LogP contribution in [0.2, 0.25) is 0 Å². The minimum Gasteiger partial charge on any atom is -0.380 e. The lowest BCUT2D eigenvalue weighted by Crippen LogP contribution is -1.90. The van der Waals surface area contributed by atoms with Gasteiger partial charge in [-0.05, 0) is 36.8 Å². The van der Waals surface area contributed by atoms with Crippen molar-refractivity contribution in [2.24, 2.45) is 0 Å². The lowest BCUT2D eigenvalue weighted by Gasteiger charge is -2.04. The van der Waals surface area contributed by atoms with Gasteiger partial charge < -0.3 is 10.3 Å². The number of rotatable bonds is 2. The van der Waals surface area contributed by atoms with Crippen LogP contribution in [-0.2, 0) is 0 Å². The Kier molecular flexibility index (Phi) is 2.95. The summed E-state index contributed by atoms with van der Waals surface area (Å²) >= 11 is 0. The van der Waals surface area contributed by atoms with Gasteiger partial charge in [-0.15, -0.1) is 0 Å². The van der Waals surface area contributed by atoms with Crippen molar-refractivity contribution in [1.29, 1.82) is 0 Å². The Hall–Kier alpha value is -2.69. The molecule has 0 spiro atoms. The average molecular weight is 269 g/mol. The van der Waals surface area contributed by atoms with Crippen molar-refractivity contribution in [3.63, 3.8) is 0 Å². The van der Waals surface area contributed by atoms with Crippen molar-refractivity contribution in [1.82, 2.24) is 10.1 Å². The fourth-order valence-electron chi connectivity index (χ4n) is 2.10. The minimum absolute atomic E-state index is 0.229. The fraction of sp³-hybridized carbons (Fsp3) is 0.0667. The fourth-order valence-corrected chi connectivity index (χ4v) is 2.10. The molecule has 4 nitrogen and oxygen atoms in total. The molecule has 0 aliphatic heterocycles. The standard InChI is InChI=1S/C15H12FN3O/c1-9-2-3-12(16)11(8-9)14-13(15(17)19-20-14)10-4-6-18-7-5-10/h2-8H,1H3,(H2,17,19). The molecule has 0 saturated carbocycles. The molecule has 2 heterocycles. The molecule has 1 aromatic carbocycles. The second-order valence-electron chi connectivity index (χ2n) is 4.49. The molecule has 0 unspecified atom stereocenters. The number of nitrogen functional groups attached to an aromatic ring is 1. The average Bonchev–Trinajstić information content (AvgIpc) is 2.84. The van der Waals surface area contributed by atoms with Gasteiger partial charge in [-0.1, -0.05) is 16.8 Å². The van der Waals surface area contributed by atoms with Crippen LogP contribution in [0, 0.1) is 12.7 Å². The van der Waals surface area contributed by atoms with Crippen molar-refractivity contribution in [3.8, 4) is 22.5 Å². The largest absolute Gasteiger partial charge is 0.380 e. The van der Waals surface area contributed by atoms with E-state index in [4.69, 9.17) is 10.3 Å². The van der Waals surface area contributed by atoms with E-state index in [1.165, 1.54) is 6.07 Å². The molecule has 3 rings (SSSR count). The van der Waals surface area contributed by atoms with Crippen molar-refractivity contribution >= 4 is 5.82 Å². The van der Waals surface area contributed by atoms with Crippen LogP contribution in [0.1, 0.15) is 5.56 Å². The van der Waals surface area contributed by atoms with Crippen molar-refractivity contribution < 1.29 is 8.91 Å². The van der Waals surface area contributed by atoms with Crippen molar-refractivity contribution in [2.45, 2.75) is 6.92 Å². The summed E-state index contributed by atoms with van der Waals surface area (Å²) in [5.74, 6) is 0.184. The molecular formula is C15H12FN3O. The van der Waals surface area contributed by atoms with Gasteiger partial charge in [0.15, 0.2) is 11.6 Å². The zero-order valence-corrected chi connectivity index (χ0v) is 10.8. The van der Waals surface area contributed by atoms with E-state index in [0.29, 0.717) is 16.9 Å². The molecule has 0 aliphatic rings. The molecule has 0 bridgehead atoms. The second-order valence-corrected chi connectivity index (χ2v) is 4.49. The maximum atomic E-state index is 14.0. The third-order valence-electron chi connectivity index (χ3n) is 3.05. The summed E-state index contributed by atoms with van der Waals surface area (Å²) < 4.78 is 19.3. The summed E-state index contributed by atoms with van der Waals surface area (Å²) in [7, 11) is 0. The molecule has 3 aromatic rings. The number of aryl methyl sites for hydroxylation is 1. The minimum atomic E-state index is -0.373. The number of halogens is 1. The lowest BCUT2D eigenvalue weighted by atomic mass is 10.0. The molecule has 20 heavy (non-hydrogen) atoms. The molecule has 0 saturated heterocycles. The number of hydrogen-bond acceptors (Lipinski definition) is 4. The van der Waals surface area contributed by atoms with Gasteiger partial charge in [0.2, 0.25) is 0 Å². The van der Waals surface area contributed by atoms with E-state index in [1.807, 2.05) is 6.92 Å². The Bertz CT molecular complexity index is 753. The van der Waals surface area contributed by atoms with Gasteiger partial charge >= 0.3 is 0 Å². The highest BCUT2D eigenvalue weighted by atomic mass is 19.1. The van der Waals surface area contributed by atoms with E-state index < -0.39 is 0 Å². The summed E-state index contributed by atoms with van der Waals surface area (Å²) in [5.41, 5.74) is 8.49. The van der Waals surface area contributed by atoms with E-state index >= 15 is 0 Å². The molecular weight excluding hydrogens is 257 g/mol. The summed E-state index contributed by atoms with van der Waals surface area (Å²) in [6.07, 6.45) is 3.27. The number of anilines is 1. The number of nitrogens with zero attached hydrogens (tertiary/aromatic N) is 2. The summed E-state index contributed by atoms with van der Waals surface area (Å²) in [4.78, 5) is 3.95. The predicted octanol–water partition coefficient (Wildman–Crippen LogP) is 3.43. The van der Waals surface area contributed by atoms with E-state index in [-0.39, 0.29) is 11.6 Å². The number of pyridine rings is 1. The van der Waals surface area contributed by atoms with Gasteiger partial charge in [-0.3, -0.25) is 4.98 Å². The first-order valence-corrected chi connectivity index (χ1v) is 6.09. The normalized spacial score (nSPS) is 10.7. The van der Waals surface area contributed by atoms with Crippen LogP contribution in [0.4, 0.5) is 10.2 Å². The van der Waals surface area contributed by atoms with Crippen LogP contribution < -0.4 is 5.73 Å². The quantitative estimate of drug-likeness (QED) is 0.774. The van der Waals surface area contributed by atoms with Crippen molar-refractivity contribution in [2.75, 3.05) is 5.73 Å². The molecule has 100 valence electrons. The Labute approximate surface area is 115 Å². The summed E-state index contributed by atoms with van der Waals surface area (Å²) in [6, 6.07) is 8.37. The molecule has 0 radical (unpaired) electrons. The van der Waals surface area contributed by atoms with Crippen LogP contribution in [0.3, 0.4) is 0 Å². The van der Waals surface area contributed by atoms with Gasteiger partial charge in [0.1, 0.15) is 5.82 Å². The molecule has 0 atom stereocenters. The number of nitrogens with two attached hydrogens (primary N) is 1. The molecule has 0 amide bonds. The highest BCUT2D eigenvalue weighted by Crippen LogP contribution is 2.37. The van der Waals surface area contributed by atoms with Crippen LogP contribution in [-0.4, -0.2) is 10.1 Å². The first-order chi connectivity index (χ1) is 9.66. The Morgan fingerprint density at radius 3 is 2.65 bits per heavy atom. The van der Waals surface area contributed by atoms with Crippen LogP contribution in [0.25, 0.3) is 22.5 Å². The Morgan fingerprint density at radius 1 is 1.15 bits per heavy atom. The Balaban J connectivity index is 2.24. The predicted molar refractivity (Wildman–Crippen MR) is 74.3 cm³/mol. The molecule has 5 heteroatoms. The van der Waals surface area contributed by atoms with Crippen LogP contribution in [0.15, 0.2) is 47.2 Å². The second kappa shape index (κ2) is 4.77. The number of hydrogen-bond donors (Lipinski definition) is 1. The van der Waals surface area contributed by atoms with E-state index in [2.05, 4.69) is 10.1 Å². The maximum absolute atomic E-state index is 14.0. The third-order valence-corrected chi connectivity index (χ3v) is 3.05. The molecule has 0 fully saturated rings. The Morgan fingerprint density at radius 2 is 1.90 bits per heavy atom. The first-order valence-electron chi connectivity index (χ1n) is 6.09. The smallest absolute Gasteiger partial charge is 0.179 e.